The van der Waals surface area contributed by atoms with Crippen LogP contribution in [-0.2, 0) is 9.53 Å². The first-order chi connectivity index (χ1) is 11.7. The van der Waals surface area contributed by atoms with Crippen LogP contribution in [0.15, 0.2) is 36.4 Å². The molecule has 3 heterocycles. The van der Waals surface area contributed by atoms with E-state index in [4.69, 9.17) is 9.47 Å². The molecular weight excluding hydrogens is 304 g/mol. The summed E-state index contributed by atoms with van der Waals surface area (Å²) in [5.41, 5.74) is 0.857. The summed E-state index contributed by atoms with van der Waals surface area (Å²) >= 11 is 0. The third kappa shape index (κ3) is 3.08. The second kappa shape index (κ2) is 6.40. The van der Waals surface area contributed by atoms with Crippen LogP contribution in [0.25, 0.3) is 10.9 Å². The van der Waals surface area contributed by atoms with Gasteiger partial charge in [-0.15, -0.1) is 0 Å². The van der Waals surface area contributed by atoms with E-state index >= 15 is 0 Å². The van der Waals surface area contributed by atoms with Crippen LogP contribution in [0.4, 0.5) is 0 Å². The SMILES string of the molecule is CN1C2CCC1CC(OC(=O)COc1ccc3ccccc3n1)C2. The molecule has 2 bridgehead atoms. The molecule has 0 saturated carbocycles. The fraction of sp³-hybridized carbons (Fsp3) is 0.474. The van der Waals surface area contributed by atoms with Gasteiger partial charge in [0.1, 0.15) is 6.10 Å². The fourth-order valence-electron chi connectivity index (χ4n) is 3.94. The highest BCUT2D eigenvalue weighted by molar-refractivity contribution is 5.79. The minimum Gasteiger partial charge on any atom is -0.466 e. The first-order valence-corrected chi connectivity index (χ1v) is 8.59. The average Bonchev–Trinajstić information content (AvgIpc) is 2.81. The lowest BCUT2D eigenvalue weighted by Gasteiger charge is -2.35. The first kappa shape index (κ1) is 15.4. The van der Waals surface area contributed by atoms with E-state index in [1.165, 1.54) is 12.8 Å². The monoisotopic (exact) mass is 326 g/mol. The van der Waals surface area contributed by atoms with Crippen molar-refractivity contribution in [3.63, 3.8) is 0 Å². The molecule has 5 nitrogen and oxygen atoms in total. The second-order valence-corrected chi connectivity index (χ2v) is 6.76. The number of esters is 1. The average molecular weight is 326 g/mol. The zero-order valence-corrected chi connectivity index (χ0v) is 13.9. The Morgan fingerprint density at radius 3 is 2.71 bits per heavy atom. The standard InChI is InChI=1S/C19H22N2O3/c1-21-14-7-8-15(21)11-16(10-14)24-19(22)12-23-18-9-6-13-4-2-3-5-17(13)20-18/h2-6,9,14-16H,7-8,10-12H2,1H3. The van der Waals surface area contributed by atoms with E-state index in [0.29, 0.717) is 18.0 Å². The van der Waals surface area contributed by atoms with E-state index < -0.39 is 0 Å². The van der Waals surface area contributed by atoms with Gasteiger partial charge < -0.3 is 14.4 Å². The van der Waals surface area contributed by atoms with E-state index in [9.17, 15) is 4.79 Å². The van der Waals surface area contributed by atoms with Crippen LogP contribution in [0.2, 0.25) is 0 Å². The van der Waals surface area contributed by atoms with Crippen LogP contribution in [-0.4, -0.2) is 47.7 Å². The molecule has 2 saturated heterocycles. The zero-order chi connectivity index (χ0) is 16.5. The summed E-state index contributed by atoms with van der Waals surface area (Å²) in [6.07, 6.45) is 4.33. The van der Waals surface area contributed by atoms with E-state index in [0.717, 1.165) is 23.7 Å². The minimum atomic E-state index is -0.307. The Bertz CT molecular complexity index is 734. The lowest BCUT2D eigenvalue weighted by atomic mass is 10.0. The third-order valence-electron chi connectivity index (χ3n) is 5.26. The molecule has 0 aliphatic carbocycles. The number of para-hydroxylation sites is 1. The van der Waals surface area contributed by atoms with Crippen molar-refractivity contribution in [3.05, 3.63) is 36.4 Å². The van der Waals surface area contributed by atoms with Crippen LogP contribution in [0.5, 0.6) is 5.88 Å². The number of aromatic nitrogens is 1. The molecule has 1 aromatic heterocycles. The molecule has 0 amide bonds. The van der Waals surface area contributed by atoms with Crippen molar-refractivity contribution in [1.82, 2.24) is 9.88 Å². The summed E-state index contributed by atoms with van der Waals surface area (Å²) in [5, 5.41) is 1.05. The van der Waals surface area contributed by atoms with Gasteiger partial charge in [0, 0.05) is 23.5 Å². The van der Waals surface area contributed by atoms with Crippen molar-refractivity contribution in [2.24, 2.45) is 0 Å². The van der Waals surface area contributed by atoms with Crippen molar-refractivity contribution >= 4 is 16.9 Å². The number of pyridine rings is 1. The lowest BCUT2D eigenvalue weighted by Crippen LogP contribution is -2.43. The van der Waals surface area contributed by atoms with Gasteiger partial charge in [-0.1, -0.05) is 18.2 Å². The Hall–Kier alpha value is -2.14. The highest BCUT2D eigenvalue weighted by Crippen LogP contribution is 2.35. The van der Waals surface area contributed by atoms with Gasteiger partial charge >= 0.3 is 5.97 Å². The van der Waals surface area contributed by atoms with Gasteiger partial charge in [0.05, 0.1) is 5.52 Å². The molecule has 2 unspecified atom stereocenters. The van der Waals surface area contributed by atoms with Crippen LogP contribution in [0, 0.1) is 0 Å². The molecule has 24 heavy (non-hydrogen) atoms. The maximum Gasteiger partial charge on any atom is 0.344 e. The van der Waals surface area contributed by atoms with Crippen LogP contribution >= 0.6 is 0 Å². The number of fused-ring (bicyclic) bond motifs is 3. The molecule has 4 rings (SSSR count). The van der Waals surface area contributed by atoms with Crippen molar-refractivity contribution in [2.75, 3.05) is 13.7 Å². The molecule has 2 fully saturated rings. The number of ether oxygens (including phenoxy) is 2. The molecule has 0 N–H and O–H groups in total. The van der Waals surface area contributed by atoms with Crippen molar-refractivity contribution in [1.29, 1.82) is 0 Å². The molecule has 2 aliphatic heterocycles. The van der Waals surface area contributed by atoms with Crippen LogP contribution < -0.4 is 4.74 Å². The van der Waals surface area contributed by atoms with Gasteiger partial charge in [0.2, 0.25) is 5.88 Å². The summed E-state index contributed by atoms with van der Waals surface area (Å²) in [6, 6.07) is 12.7. The molecule has 0 spiro atoms. The van der Waals surface area contributed by atoms with E-state index in [1.54, 1.807) is 6.07 Å². The number of hydrogen-bond acceptors (Lipinski definition) is 5. The Labute approximate surface area is 141 Å². The minimum absolute atomic E-state index is 0.0272. The van der Waals surface area contributed by atoms with Gasteiger partial charge in [-0.25, -0.2) is 9.78 Å². The molecule has 0 radical (unpaired) electrons. The maximum atomic E-state index is 12.1. The van der Waals surface area contributed by atoms with E-state index in [1.807, 2.05) is 30.3 Å². The topological polar surface area (TPSA) is 51.7 Å². The Morgan fingerprint density at radius 2 is 1.92 bits per heavy atom. The molecule has 2 aromatic rings. The highest BCUT2D eigenvalue weighted by atomic mass is 16.6. The molecule has 1 aromatic carbocycles. The van der Waals surface area contributed by atoms with Gasteiger partial charge in [-0.3, -0.25) is 0 Å². The van der Waals surface area contributed by atoms with E-state index in [-0.39, 0.29) is 18.7 Å². The summed E-state index contributed by atoms with van der Waals surface area (Å²) in [7, 11) is 2.18. The highest BCUT2D eigenvalue weighted by Gasteiger charge is 2.39. The second-order valence-electron chi connectivity index (χ2n) is 6.76. The fourth-order valence-corrected chi connectivity index (χ4v) is 3.94. The predicted molar refractivity (Wildman–Crippen MR) is 90.9 cm³/mol. The third-order valence-corrected chi connectivity index (χ3v) is 5.26. The molecule has 2 atom stereocenters. The normalized spacial score (nSPS) is 26.5. The van der Waals surface area contributed by atoms with Crippen molar-refractivity contribution in [3.8, 4) is 5.88 Å². The number of nitrogens with zero attached hydrogens (tertiary/aromatic N) is 2. The number of carbonyl (C=O) groups excluding carboxylic acids is 1. The van der Waals surface area contributed by atoms with Crippen LogP contribution in [0.1, 0.15) is 25.7 Å². The zero-order valence-electron chi connectivity index (χ0n) is 13.9. The van der Waals surface area contributed by atoms with Crippen molar-refractivity contribution < 1.29 is 14.3 Å². The van der Waals surface area contributed by atoms with Crippen molar-refractivity contribution in [2.45, 2.75) is 43.9 Å². The van der Waals surface area contributed by atoms with Gasteiger partial charge in [-0.05, 0) is 44.9 Å². The predicted octanol–water partition coefficient (Wildman–Crippen LogP) is 2.78. The Balaban J connectivity index is 1.31. The van der Waals surface area contributed by atoms with Gasteiger partial charge in [0.25, 0.3) is 0 Å². The number of carbonyl (C=O) groups is 1. The number of hydrogen-bond donors (Lipinski definition) is 0. The van der Waals surface area contributed by atoms with Crippen LogP contribution in [0.3, 0.4) is 0 Å². The first-order valence-electron chi connectivity index (χ1n) is 8.59. The van der Waals surface area contributed by atoms with Gasteiger partial charge in [0.15, 0.2) is 6.61 Å². The summed E-state index contributed by atoms with van der Waals surface area (Å²) in [5.74, 6) is 0.146. The molecule has 2 aliphatic rings. The van der Waals surface area contributed by atoms with Gasteiger partial charge in [-0.2, -0.15) is 0 Å². The summed E-state index contributed by atoms with van der Waals surface area (Å²) in [6.45, 7) is -0.0903. The number of benzene rings is 1. The lowest BCUT2D eigenvalue weighted by molar-refractivity contribution is -0.154. The number of rotatable bonds is 4. The summed E-state index contributed by atoms with van der Waals surface area (Å²) in [4.78, 5) is 18.9. The quantitative estimate of drug-likeness (QED) is 0.809. The number of piperidine rings is 1. The molecule has 126 valence electrons. The summed E-state index contributed by atoms with van der Waals surface area (Å²) < 4.78 is 11.1. The largest absolute Gasteiger partial charge is 0.466 e. The molecule has 5 heteroatoms. The Kier molecular flexibility index (Phi) is 4.10. The smallest absolute Gasteiger partial charge is 0.344 e. The van der Waals surface area contributed by atoms with E-state index in [2.05, 4.69) is 16.9 Å². The maximum absolute atomic E-state index is 12.1. The Morgan fingerprint density at radius 1 is 1.17 bits per heavy atom. The molecular formula is C19H22N2O3.